The predicted octanol–water partition coefficient (Wildman–Crippen LogP) is 2.05. The first kappa shape index (κ1) is 15.3. The number of nitrogens with zero attached hydrogens (tertiary/aromatic N) is 1. The van der Waals surface area contributed by atoms with E-state index in [1.807, 2.05) is 38.1 Å². The van der Waals surface area contributed by atoms with Crippen molar-refractivity contribution in [1.82, 2.24) is 10.3 Å². The summed E-state index contributed by atoms with van der Waals surface area (Å²) in [5.41, 5.74) is 2.02. The van der Waals surface area contributed by atoms with Gasteiger partial charge in [-0.3, -0.25) is 9.78 Å². The van der Waals surface area contributed by atoms with E-state index in [0.717, 1.165) is 16.7 Å². The average Bonchev–Trinajstić information content (AvgIpc) is 2.45. The number of ether oxygens (including phenoxy) is 1. The van der Waals surface area contributed by atoms with E-state index in [9.17, 15) is 4.79 Å². The molecule has 0 spiro atoms. The number of methoxy groups -OCH3 is 1. The Kier molecular flexibility index (Phi) is 4.75. The van der Waals surface area contributed by atoms with Gasteiger partial charge in [0.15, 0.2) is 0 Å². The molecule has 1 atom stereocenters. The molecule has 0 aliphatic heterocycles. The minimum atomic E-state index is -0.168. The highest BCUT2D eigenvalue weighted by Gasteiger charge is 2.14. The van der Waals surface area contributed by atoms with Crippen LogP contribution in [0.15, 0.2) is 24.3 Å². The minimum absolute atomic E-state index is 0.0518. The second-order valence-electron chi connectivity index (χ2n) is 5.07. The van der Waals surface area contributed by atoms with E-state index in [4.69, 9.17) is 9.84 Å². The zero-order chi connectivity index (χ0) is 15.4. The smallest absolute Gasteiger partial charge is 0.253 e. The van der Waals surface area contributed by atoms with Gasteiger partial charge in [0.1, 0.15) is 5.75 Å². The number of carbonyl (C=O) groups is 1. The van der Waals surface area contributed by atoms with Crippen LogP contribution in [0.25, 0.3) is 10.9 Å². The maximum atomic E-state index is 12.3. The quantitative estimate of drug-likeness (QED) is 0.883. The molecule has 0 radical (unpaired) electrons. The standard InChI is InChI=1S/C16H20N2O3/c1-10(6-7-19)17-16(20)14-8-12-4-5-13(21-3)9-15(12)18-11(14)2/h4-5,8-10,19H,6-7H2,1-3H3,(H,17,20). The van der Waals surface area contributed by atoms with E-state index in [2.05, 4.69) is 10.3 Å². The third kappa shape index (κ3) is 3.49. The number of fused-ring (bicyclic) bond motifs is 1. The molecular formula is C16H20N2O3. The number of nitrogens with one attached hydrogen (secondary N) is 1. The van der Waals surface area contributed by atoms with Crippen LogP contribution in [0.1, 0.15) is 29.4 Å². The first-order valence-electron chi connectivity index (χ1n) is 6.92. The summed E-state index contributed by atoms with van der Waals surface area (Å²) in [6.45, 7) is 3.73. The van der Waals surface area contributed by atoms with Crippen molar-refractivity contribution in [3.05, 3.63) is 35.5 Å². The Morgan fingerprint density at radius 2 is 2.19 bits per heavy atom. The van der Waals surface area contributed by atoms with Gasteiger partial charge in [0, 0.05) is 24.1 Å². The lowest BCUT2D eigenvalue weighted by Crippen LogP contribution is -2.33. The van der Waals surface area contributed by atoms with E-state index in [1.54, 1.807) is 7.11 Å². The fourth-order valence-corrected chi connectivity index (χ4v) is 2.17. The molecule has 5 heteroatoms. The van der Waals surface area contributed by atoms with Gasteiger partial charge in [-0.05, 0) is 38.5 Å². The molecule has 0 bridgehead atoms. The predicted molar refractivity (Wildman–Crippen MR) is 81.7 cm³/mol. The number of hydrogen-bond acceptors (Lipinski definition) is 4. The van der Waals surface area contributed by atoms with E-state index >= 15 is 0 Å². The van der Waals surface area contributed by atoms with Gasteiger partial charge in [-0.25, -0.2) is 0 Å². The van der Waals surface area contributed by atoms with Gasteiger partial charge < -0.3 is 15.2 Å². The first-order valence-corrected chi connectivity index (χ1v) is 6.92. The zero-order valence-electron chi connectivity index (χ0n) is 12.5. The van der Waals surface area contributed by atoms with Gasteiger partial charge in [0.2, 0.25) is 0 Å². The highest BCUT2D eigenvalue weighted by molar-refractivity contribution is 5.98. The van der Waals surface area contributed by atoms with Crippen LogP contribution in [0.5, 0.6) is 5.75 Å². The molecule has 5 nitrogen and oxygen atoms in total. The fraction of sp³-hybridized carbons (Fsp3) is 0.375. The summed E-state index contributed by atoms with van der Waals surface area (Å²) < 4.78 is 5.18. The third-order valence-corrected chi connectivity index (χ3v) is 3.40. The highest BCUT2D eigenvalue weighted by Crippen LogP contribution is 2.21. The molecule has 1 aromatic heterocycles. The van der Waals surface area contributed by atoms with Crippen LogP contribution in [0.2, 0.25) is 0 Å². The number of benzene rings is 1. The number of amides is 1. The summed E-state index contributed by atoms with van der Waals surface area (Å²) in [6.07, 6.45) is 0.531. The van der Waals surface area contributed by atoms with Crippen molar-refractivity contribution in [3.8, 4) is 5.75 Å². The summed E-state index contributed by atoms with van der Waals surface area (Å²) >= 11 is 0. The number of carbonyl (C=O) groups excluding carboxylic acids is 1. The van der Waals surface area contributed by atoms with Gasteiger partial charge >= 0.3 is 0 Å². The molecule has 0 saturated carbocycles. The van der Waals surface area contributed by atoms with Crippen molar-refractivity contribution in [2.75, 3.05) is 13.7 Å². The summed E-state index contributed by atoms with van der Waals surface area (Å²) in [7, 11) is 1.61. The van der Waals surface area contributed by atoms with Gasteiger partial charge in [0.05, 0.1) is 23.9 Å². The van der Waals surface area contributed by atoms with Crippen LogP contribution in [0.3, 0.4) is 0 Å². The molecule has 1 aromatic carbocycles. The number of aryl methyl sites for hydroxylation is 1. The van der Waals surface area contributed by atoms with Crippen LogP contribution < -0.4 is 10.1 Å². The molecule has 2 rings (SSSR count). The Labute approximate surface area is 124 Å². The van der Waals surface area contributed by atoms with E-state index in [0.29, 0.717) is 17.7 Å². The molecule has 2 N–H and O–H groups in total. The second kappa shape index (κ2) is 6.54. The zero-order valence-corrected chi connectivity index (χ0v) is 12.5. The van der Waals surface area contributed by atoms with Crippen LogP contribution in [-0.4, -0.2) is 35.8 Å². The number of aromatic nitrogens is 1. The Bertz CT molecular complexity index is 655. The summed E-state index contributed by atoms with van der Waals surface area (Å²) in [6, 6.07) is 7.33. The Hall–Kier alpha value is -2.14. The minimum Gasteiger partial charge on any atom is -0.497 e. The number of hydrogen-bond donors (Lipinski definition) is 2. The molecule has 0 aliphatic rings. The molecule has 0 aliphatic carbocycles. The SMILES string of the molecule is COc1ccc2cc(C(=O)NC(C)CCO)c(C)nc2c1. The summed E-state index contributed by atoms with van der Waals surface area (Å²) in [5, 5.41) is 12.6. The van der Waals surface area contributed by atoms with Gasteiger partial charge in [-0.2, -0.15) is 0 Å². The maximum absolute atomic E-state index is 12.3. The second-order valence-corrected chi connectivity index (χ2v) is 5.07. The summed E-state index contributed by atoms with van der Waals surface area (Å²) in [5.74, 6) is 0.571. The molecule has 1 amide bonds. The number of aliphatic hydroxyl groups is 1. The fourth-order valence-electron chi connectivity index (χ4n) is 2.17. The largest absolute Gasteiger partial charge is 0.497 e. The van der Waals surface area contributed by atoms with E-state index in [1.165, 1.54) is 0 Å². The molecule has 1 unspecified atom stereocenters. The first-order chi connectivity index (χ1) is 10.0. The molecule has 0 fully saturated rings. The van der Waals surface area contributed by atoms with Crippen LogP contribution in [0.4, 0.5) is 0 Å². The van der Waals surface area contributed by atoms with Crippen molar-refractivity contribution >= 4 is 16.8 Å². The van der Waals surface area contributed by atoms with Crippen molar-refractivity contribution < 1.29 is 14.6 Å². The molecule has 0 saturated heterocycles. The van der Waals surface area contributed by atoms with Gasteiger partial charge in [-0.1, -0.05) is 0 Å². The third-order valence-electron chi connectivity index (χ3n) is 3.40. The molecule has 21 heavy (non-hydrogen) atoms. The number of aliphatic hydroxyl groups excluding tert-OH is 1. The monoisotopic (exact) mass is 288 g/mol. The van der Waals surface area contributed by atoms with Crippen LogP contribution in [0, 0.1) is 6.92 Å². The number of pyridine rings is 1. The number of rotatable bonds is 5. The highest BCUT2D eigenvalue weighted by atomic mass is 16.5. The molecule has 112 valence electrons. The lowest BCUT2D eigenvalue weighted by molar-refractivity contribution is 0.0933. The molecular weight excluding hydrogens is 268 g/mol. The summed E-state index contributed by atoms with van der Waals surface area (Å²) in [4.78, 5) is 16.7. The normalized spacial score (nSPS) is 12.2. The lowest BCUT2D eigenvalue weighted by Gasteiger charge is -2.14. The molecule has 2 aromatic rings. The van der Waals surface area contributed by atoms with Gasteiger partial charge in [0.25, 0.3) is 5.91 Å². The Morgan fingerprint density at radius 3 is 2.86 bits per heavy atom. The van der Waals surface area contributed by atoms with Crippen molar-refractivity contribution in [2.24, 2.45) is 0 Å². The van der Waals surface area contributed by atoms with E-state index < -0.39 is 0 Å². The topological polar surface area (TPSA) is 71.5 Å². The van der Waals surface area contributed by atoms with Crippen molar-refractivity contribution in [2.45, 2.75) is 26.3 Å². The maximum Gasteiger partial charge on any atom is 0.253 e. The average molecular weight is 288 g/mol. The Morgan fingerprint density at radius 1 is 1.43 bits per heavy atom. The van der Waals surface area contributed by atoms with Gasteiger partial charge in [-0.15, -0.1) is 0 Å². The van der Waals surface area contributed by atoms with Crippen molar-refractivity contribution in [1.29, 1.82) is 0 Å². The van der Waals surface area contributed by atoms with Crippen molar-refractivity contribution in [3.63, 3.8) is 0 Å². The molecule has 1 heterocycles. The van der Waals surface area contributed by atoms with E-state index in [-0.39, 0.29) is 18.6 Å². The lowest BCUT2D eigenvalue weighted by atomic mass is 10.1. The van der Waals surface area contributed by atoms with Crippen LogP contribution in [-0.2, 0) is 0 Å². The Balaban J connectivity index is 2.32. The van der Waals surface area contributed by atoms with Crippen LogP contribution >= 0.6 is 0 Å².